The first-order valence-electron chi connectivity index (χ1n) is 6.76. The summed E-state index contributed by atoms with van der Waals surface area (Å²) in [6.07, 6.45) is 0.0518. The number of nitrogens with one attached hydrogen (secondary N) is 1. The summed E-state index contributed by atoms with van der Waals surface area (Å²) in [4.78, 5) is 10.9. The second-order valence-electron chi connectivity index (χ2n) is 5.12. The number of anilines is 1. The van der Waals surface area contributed by atoms with Crippen LogP contribution in [0.1, 0.15) is 22.3 Å². The summed E-state index contributed by atoms with van der Waals surface area (Å²) in [5.41, 5.74) is 5.26. The maximum absolute atomic E-state index is 10.9. The smallest absolute Gasteiger partial charge is 0.307 e. The van der Waals surface area contributed by atoms with Crippen molar-refractivity contribution in [1.82, 2.24) is 0 Å². The summed E-state index contributed by atoms with van der Waals surface area (Å²) < 4.78 is 1.12. The first kappa shape index (κ1) is 15.6. The first-order valence-corrected chi connectivity index (χ1v) is 7.56. The van der Waals surface area contributed by atoms with Crippen LogP contribution in [-0.2, 0) is 17.8 Å². The number of carboxylic acids is 1. The Morgan fingerprint density at radius 2 is 1.71 bits per heavy atom. The quantitative estimate of drug-likeness (QED) is 0.847. The van der Waals surface area contributed by atoms with Gasteiger partial charge >= 0.3 is 5.97 Å². The Labute approximate surface area is 133 Å². The van der Waals surface area contributed by atoms with Gasteiger partial charge in [-0.1, -0.05) is 40.2 Å². The monoisotopic (exact) mass is 347 g/mol. The summed E-state index contributed by atoms with van der Waals surface area (Å²) in [7, 11) is 0. The van der Waals surface area contributed by atoms with E-state index in [9.17, 15) is 4.79 Å². The number of aliphatic carboxylic acids is 1. The molecule has 0 aliphatic rings. The van der Waals surface area contributed by atoms with Gasteiger partial charge in [0.1, 0.15) is 0 Å². The van der Waals surface area contributed by atoms with Crippen molar-refractivity contribution in [1.29, 1.82) is 0 Å². The van der Waals surface area contributed by atoms with Gasteiger partial charge in [0.2, 0.25) is 0 Å². The Kier molecular flexibility index (Phi) is 5.02. The zero-order chi connectivity index (χ0) is 15.4. The summed E-state index contributed by atoms with van der Waals surface area (Å²) in [5, 5.41) is 12.3. The van der Waals surface area contributed by atoms with Crippen LogP contribution >= 0.6 is 15.9 Å². The number of benzene rings is 2. The van der Waals surface area contributed by atoms with Crippen LogP contribution in [0.25, 0.3) is 0 Å². The fourth-order valence-electron chi connectivity index (χ4n) is 2.31. The Balaban J connectivity index is 2.15. The van der Waals surface area contributed by atoms with E-state index < -0.39 is 5.97 Å². The predicted octanol–water partition coefficient (Wildman–Crippen LogP) is 4.31. The van der Waals surface area contributed by atoms with E-state index in [-0.39, 0.29) is 6.42 Å². The zero-order valence-electron chi connectivity index (χ0n) is 12.1. The topological polar surface area (TPSA) is 49.3 Å². The molecule has 0 amide bonds. The zero-order valence-corrected chi connectivity index (χ0v) is 13.7. The molecule has 110 valence electrons. The van der Waals surface area contributed by atoms with Crippen LogP contribution in [0.3, 0.4) is 0 Å². The SMILES string of the molecule is Cc1cc(NCc2ccccc2CC(=O)O)cc(C)c1Br. The standard InChI is InChI=1S/C17H18BrNO2/c1-11-7-15(8-12(2)17(11)18)19-10-14-6-4-3-5-13(14)9-16(20)21/h3-8,19H,9-10H2,1-2H3,(H,20,21). The Bertz CT molecular complexity index is 645. The van der Waals surface area contributed by atoms with Crippen molar-refractivity contribution in [2.45, 2.75) is 26.8 Å². The van der Waals surface area contributed by atoms with Crippen LogP contribution < -0.4 is 5.32 Å². The average Bonchev–Trinajstić information content (AvgIpc) is 2.43. The lowest BCUT2D eigenvalue weighted by atomic mass is 10.0. The molecule has 0 fully saturated rings. The number of halogens is 1. The Morgan fingerprint density at radius 1 is 1.14 bits per heavy atom. The lowest BCUT2D eigenvalue weighted by Crippen LogP contribution is -2.07. The molecule has 2 rings (SSSR count). The van der Waals surface area contributed by atoms with E-state index in [2.05, 4.69) is 47.2 Å². The molecule has 0 bridgehead atoms. The van der Waals surface area contributed by atoms with Gasteiger partial charge in [0.15, 0.2) is 0 Å². The van der Waals surface area contributed by atoms with Crippen molar-refractivity contribution < 1.29 is 9.90 Å². The molecule has 2 aromatic rings. The number of carboxylic acid groups (broad SMARTS) is 1. The van der Waals surface area contributed by atoms with Crippen molar-refractivity contribution in [3.8, 4) is 0 Å². The van der Waals surface area contributed by atoms with E-state index in [1.807, 2.05) is 24.3 Å². The summed E-state index contributed by atoms with van der Waals surface area (Å²) in [5.74, 6) is -0.808. The second-order valence-corrected chi connectivity index (χ2v) is 5.91. The average molecular weight is 348 g/mol. The highest BCUT2D eigenvalue weighted by atomic mass is 79.9. The molecular formula is C17H18BrNO2. The molecule has 0 radical (unpaired) electrons. The van der Waals surface area contributed by atoms with E-state index in [4.69, 9.17) is 5.11 Å². The lowest BCUT2D eigenvalue weighted by molar-refractivity contribution is -0.136. The molecule has 0 atom stereocenters. The third-order valence-electron chi connectivity index (χ3n) is 3.38. The minimum absolute atomic E-state index is 0.0518. The lowest BCUT2D eigenvalue weighted by Gasteiger charge is -2.13. The molecule has 0 heterocycles. The predicted molar refractivity (Wildman–Crippen MR) is 88.7 cm³/mol. The van der Waals surface area contributed by atoms with E-state index >= 15 is 0 Å². The number of carbonyl (C=O) groups is 1. The highest BCUT2D eigenvalue weighted by molar-refractivity contribution is 9.10. The fourth-order valence-corrected chi connectivity index (χ4v) is 2.54. The van der Waals surface area contributed by atoms with Gasteiger partial charge in [0.05, 0.1) is 6.42 Å². The highest BCUT2D eigenvalue weighted by Crippen LogP contribution is 2.25. The molecular weight excluding hydrogens is 330 g/mol. The molecule has 21 heavy (non-hydrogen) atoms. The molecule has 3 nitrogen and oxygen atoms in total. The van der Waals surface area contributed by atoms with Crippen molar-refractivity contribution in [3.05, 3.63) is 63.1 Å². The first-order chi connectivity index (χ1) is 9.97. The van der Waals surface area contributed by atoms with Crippen LogP contribution in [0, 0.1) is 13.8 Å². The summed E-state index contributed by atoms with van der Waals surface area (Å²) >= 11 is 3.55. The summed E-state index contributed by atoms with van der Waals surface area (Å²) in [6, 6.07) is 11.8. The van der Waals surface area contributed by atoms with Crippen molar-refractivity contribution in [2.24, 2.45) is 0 Å². The van der Waals surface area contributed by atoms with Gasteiger partial charge in [-0.25, -0.2) is 0 Å². The van der Waals surface area contributed by atoms with E-state index in [1.165, 1.54) is 11.1 Å². The van der Waals surface area contributed by atoms with Gasteiger partial charge in [-0.05, 0) is 48.2 Å². The molecule has 0 saturated carbocycles. The molecule has 4 heteroatoms. The van der Waals surface area contributed by atoms with Crippen LogP contribution in [-0.4, -0.2) is 11.1 Å². The van der Waals surface area contributed by atoms with Gasteiger partial charge < -0.3 is 10.4 Å². The Morgan fingerprint density at radius 3 is 2.29 bits per heavy atom. The third-order valence-corrected chi connectivity index (χ3v) is 4.63. The van der Waals surface area contributed by atoms with Crippen LogP contribution in [0.15, 0.2) is 40.9 Å². The van der Waals surface area contributed by atoms with Gasteiger partial charge in [0, 0.05) is 16.7 Å². The number of rotatable bonds is 5. The van der Waals surface area contributed by atoms with Gasteiger partial charge in [-0.15, -0.1) is 0 Å². The van der Waals surface area contributed by atoms with Crippen LogP contribution in [0.5, 0.6) is 0 Å². The highest BCUT2D eigenvalue weighted by Gasteiger charge is 2.07. The second kappa shape index (κ2) is 6.76. The molecule has 0 unspecified atom stereocenters. The summed E-state index contributed by atoms with van der Waals surface area (Å²) in [6.45, 7) is 4.73. The van der Waals surface area contributed by atoms with Crippen LogP contribution in [0.2, 0.25) is 0 Å². The molecule has 0 aliphatic heterocycles. The van der Waals surface area contributed by atoms with E-state index in [0.29, 0.717) is 6.54 Å². The van der Waals surface area contributed by atoms with Crippen molar-refractivity contribution in [2.75, 3.05) is 5.32 Å². The largest absolute Gasteiger partial charge is 0.481 e. The van der Waals surface area contributed by atoms with Gasteiger partial charge in [-0.2, -0.15) is 0 Å². The van der Waals surface area contributed by atoms with Crippen LogP contribution in [0.4, 0.5) is 5.69 Å². The molecule has 2 N–H and O–H groups in total. The van der Waals surface area contributed by atoms with E-state index in [0.717, 1.165) is 21.3 Å². The molecule has 0 aromatic heterocycles. The fraction of sp³-hybridized carbons (Fsp3) is 0.235. The minimum Gasteiger partial charge on any atom is -0.481 e. The molecule has 0 saturated heterocycles. The number of hydrogen-bond acceptors (Lipinski definition) is 2. The van der Waals surface area contributed by atoms with Gasteiger partial charge in [-0.3, -0.25) is 4.79 Å². The third kappa shape index (κ3) is 4.08. The molecule has 0 spiro atoms. The normalized spacial score (nSPS) is 10.4. The Hall–Kier alpha value is -1.81. The minimum atomic E-state index is -0.808. The van der Waals surface area contributed by atoms with E-state index in [1.54, 1.807) is 0 Å². The van der Waals surface area contributed by atoms with Crippen molar-refractivity contribution in [3.63, 3.8) is 0 Å². The number of aryl methyl sites for hydroxylation is 2. The molecule has 0 aliphatic carbocycles. The maximum atomic E-state index is 10.9. The number of hydrogen-bond donors (Lipinski definition) is 2. The molecule has 2 aromatic carbocycles. The maximum Gasteiger partial charge on any atom is 0.307 e. The van der Waals surface area contributed by atoms with Crippen molar-refractivity contribution >= 4 is 27.6 Å². The van der Waals surface area contributed by atoms with Gasteiger partial charge in [0.25, 0.3) is 0 Å².